The number of nitrogens with two attached hydrogens (primary N) is 8. The first-order valence-corrected chi connectivity index (χ1v) is 23.9. The molecule has 8 amide bonds. The normalized spacial score (nSPS) is 14.4. The van der Waals surface area contributed by atoms with Gasteiger partial charge in [0.25, 0.3) is 0 Å². The van der Waals surface area contributed by atoms with E-state index in [9.17, 15) is 58.2 Å². The van der Waals surface area contributed by atoms with Gasteiger partial charge in [0.2, 0.25) is 47.3 Å². The topological polar surface area (TPSA) is 590 Å². The number of hydrogen-bond donors (Lipinski definition) is 20. The number of aliphatic carboxylic acids is 2. The lowest BCUT2D eigenvalue weighted by atomic mass is 10.0. The van der Waals surface area contributed by atoms with E-state index in [1.54, 1.807) is 0 Å². The van der Waals surface area contributed by atoms with Crippen LogP contribution in [0.2, 0.25) is 0 Å². The molecular formula is C41H72N20O13S. The van der Waals surface area contributed by atoms with Gasteiger partial charge < -0.3 is 103 Å². The van der Waals surface area contributed by atoms with Crippen LogP contribution in [0.3, 0.4) is 0 Å². The van der Waals surface area contributed by atoms with Crippen LogP contribution in [0, 0.1) is 0 Å². The molecule has 1 rings (SSSR count). The Hall–Kier alpha value is -8.01. The lowest BCUT2D eigenvalue weighted by molar-refractivity contribution is -0.143. The van der Waals surface area contributed by atoms with E-state index in [-0.39, 0.29) is 100 Å². The second-order valence-corrected chi connectivity index (χ2v) is 17.2. The maximum absolute atomic E-state index is 14.3. The van der Waals surface area contributed by atoms with Crippen LogP contribution in [0.5, 0.6) is 0 Å². The van der Waals surface area contributed by atoms with Gasteiger partial charge in [-0.1, -0.05) is 0 Å². The Morgan fingerprint density at radius 3 is 1.39 bits per heavy atom. The van der Waals surface area contributed by atoms with Crippen molar-refractivity contribution < 1.29 is 63.3 Å². The van der Waals surface area contributed by atoms with Crippen molar-refractivity contribution in [2.24, 2.45) is 60.8 Å². The van der Waals surface area contributed by atoms with E-state index < -0.39 is 133 Å². The van der Waals surface area contributed by atoms with E-state index >= 15 is 0 Å². The number of aromatic nitrogens is 2. The number of guanidine groups is 3. The predicted molar refractivity (Wildman–Crippen MR) is 272 cm³/mol. The van der Waals surface area contributed by atoms with Gasteiger partial charge in [-0.3, -0.25) is 58.1 Å². The molecule has 0 spiro atoms. The van der Waals surface area contributed by atoms with Crippen molar-refractivity contribution in [1.29, 1.82) is 0 Å². The average molecular weight is 1090 g/mol. The van der Waals surface area contributed by atoms with Gasteiger partial charge in [0, 0.05) is 56.5 Å². The van der Waals surface area contributed by atoms with E-state index in [1.807, 2.05) is 0 Å². The first-order chi connectivity index (χ1) is 35.2. The number of hydrogen-bond acceptors (Lipinski definition) is 17. The lowest BCUT2D eigenvalue weighted by Crippen LogP contribution is -2.61. The number of aromatic amines is 1. The van der Waals surface area contributed by atoms with Gasteiger partial charge in [-0.15, -0.1) is 0 Å². The van der Waals surface area contributed by atoms with Crippen LogP contribution in [0.15, 0.2) is 27.5 Å². The molecule has 75 heavy (non-hydrogen) atoms. The first kappa shape index (κ1) is 65.0. The lowest BCUT2D eigenvalue weighted by Gasteiger charge is -2.28. The maximum Gasteiger partial charge on any atom is 0.326 e. The first-order valence-electron chi connectivity index (χ1n) is 23.3. The van der Waals surface area contributed by atoms with Crippen LogP contribution in [0.1, 0.15) is 76.8 Å². The number of carboxylic acid groups (broad SMARTS) is 2. The molecule has 0 radical (unpaired) electrons. The Kier molecular flexibility index (Phi) is 29.8. The van der Waals surface area contributed by atoms with Crippen LogP contribution in [0.25, 0.3) is 0 Å². The summed E-state index contributed by atoms with van der Waals surface area (Å²) in [5.74, 6) is -11.8. The summed E-state index contributed by atoms with van der Waals surface area (Å²) in [5.41, 5.74) is 43.9. The second-order valence-electron chi connectivity index (χ2n) is 16.8. The number of carbonyl (C=O) groups excluding carboxylic acids is 8. The quantitative estimate of drug-likeness (QED) is 0.0127. The highest BCUT2D eigenvalue weighted by Gasteiger charge is 2.36. The molecular weight excluding hydrogens is 1010 g/mol. The Labute approximate surface area is 435 Å². The summed E-state index contributed by atoms with van der Waals surface area (Å²) >= 11 is 4.12. The largest absolute Gasteiger partial charge is 0.481 e. The molecule has 1 aromatic rings. The highest BCUT2D eigenvalue weighted by Crippen LogP contribution is 2.10. The van der Waals surface area contributed by atoms with Crippen molar-refractivity contribution in [2.75, 3.05) is 25.4 Å². The maximum atomic E-state index is 14.3. The minimum atomic E-state index is -1.78. The molecule has 9 atom stereocenters. The van der Waals surface area contributed by atoms with Gasteiger partial charge in [0.15, 0.2) is 17.9 Å². The molecule has 33 nitrogen and oxygen atoms in total. The zero-order valence-electron chi connectivity index (χ0n) is 41.2. The third kappa shape index (κ3) is 27.0. The summed E-state index contributed by atoms with van der Waals surface area (Å²) in [5, 5.41) is 46.2. The zero-order valence-corrected chi connectivity index (χ0v) is 42.1. The molecule has 34 heteroatoms. The minimum absolute atomic E-state index is 0.0180. The summed E-state index contributed by atoms with van der Waals surface area (Å²) in [6, 6.07) is -12.3. The van der Waals surface area contributed by atoms with Crippen LogP contribution in [-0.4, -0.2) is 182 Å². The number of aliphatic hydroxyl groups is 1. The fourth-order valence-electron chi connectivity index (χ4n) is 6.58. The third-order valence-electron chi connectivity index (χ3n) is 10.5. The molecule has 0 aliphatic carbocycles. The summed E-state index contributed by atoms with van der Waals surface area (Å²) in [6.45, 7) is 1.08. The van der Waals surface area contributed by atoms with Crippen molar-refractivity contribution in [1.82, 2.24) is 47.2 Å². The van der Waals surface area contributed by atoms with Crippen LogP contribution >= 0.6 is 12.6 Å². The number of imidazole rings is 1. The number of amides is 8. The summed E-state index contributed by atoms with van der Waals surface area (Å²) in [7, 11) is 0. The molecule has 0 aliphatic rings. The van der Waals surface area contributed by atoms with Gasteiger partial charge in [-0.05, 0) is 58.3 Å². The zero-order chi connectivity index (χ0) is 56.8. The molecule has 0 saturated heterocycles. The van der Waals surface area contributed by atoms with Crippen molar-refractivity contribution in [2.45, 2.75) is 132 Å². The van der Waals surface area contributed by atoms with E-state index in [2.05, 4.69) is 74.8 Å². The molecule has 0 aliphatic heterocycles. The molecule has 1 aromatic heterocycles. The number of thiol groups is 1. The van der Waals surface area contributed by atoms with Gasteiger partial charge in [0.1, 0.15) is 42.3 Å². The van der Waals surface area contributed by atoms with E-state index in [0.717, 1.165) is 6.92 Å². The van der Waals surface area contributed by atoms with Gasteiger partial charge in [-0.2, -0.15) is 12.6 Å². The summed E-state index contributed by atoms with van der Waals surface area (Å²) in [6.07, 6.45) is -1.39. The Balaban J connectivity index is 3.59. The van der Waals surface area contributed by atoms with Gasteiger partial charge in [-0.25, -0.2) is 9.78 Å². The number of aliphatic imine (C=N–C) groups is 3. The minimum Gasteiger partial charge on any atom is -0.481 e. The number of aliphatic hydroxyl groups excluding tert-OH is 1. The molecule has 0 fully saturated rings. The average Bonchev–Trinajstić information content (AvgIpc) is 3.85. The van der Waals surface area contributed by atoms with E-state index in [4.69, 9.17) is 51.0 Å². The molecule has 0 bridgehead atoms. The highest BCUT2D eigenvalue weighted by molar-refractivity contribution is 7.80. The number of carbonyl (C=O) groups is 10. The van der Waals surface area contributed by atoms with Gasteiger partial charge in [0.05, 0.1) is 18.5 Å². The highest BCUT2D eigenvalue weighted by atomic mass is 32.1. The second kappa shape index (κ2) is 34.4. The predicted octanol–water partition coefficient (Wildman–Crippen LogP) is -8.64. The fraction of sp³-hybridized carbons (Fsp3) is 0.610. The van der Waals surface area contributed by atoms with Gasteiger partial charge >= 0.3 is 11.9 Å². The molecule has 0 saturated carbocycles. The van der Waals surface area contributed by atoms with Crippen molar-refractivity contribution in [3.05, 3.63) is 18.2 Å². The standard InChI is InChI=1S/C41H72N20O13S/c1-19(62)30(37(72)58-25(38(73)74)7-4-14-53-41(48)49)61-35(70)26(15-20-16-50-18-54-20)59-33(68)23(6-3-13-52-40(46)47)55-34(69)24(9-10-28(43)63)57-32(67)22(5-2-12-51-39(44)45)56-36(71)27(17-75)60-31(66)21(42)8-11-29(64)65/h16,18-19,21-27,30,62,75H,2-15,17,42H2,1H3,(H2,43,63)(H,50,54)(H,55,69)(H,56,71)(H,57,67)(H,58,72)(H,59,68)(H,60,66)(H,61,70)(H,64,65)(H,73,74)(H4,44,45,51)(H4,46,47,52)(H4,48,49,53). The number of primary amides is 1. The summed E-state index contributed by atoms with van der Waals surface area (Å²) < 4.78 is 0. The van der Waals surface area contributed by atoms with Crippen LogP contribution in [-0.2, 0) is 54.4 Å². The summed E-state index contributed by atoms with van der Waals surface area (Å²) in [4.78, 5) is 149. The molecule has 420 valence electrons. The van der Waals surface area contributed by atoms with E-state index in [1.165, 1.54) is 12.5 Å². The van der Waals surface area contributed by atoms with Crippen molar-refractivity contribution >= 4 is 89.7 Å². The Morgan fingerprint density at radius 1 is 0.573 bits per heavy atom. The number of rotatable bonds is 37. The van der Waals surface area contributed by atoms with Crippen LogP contribution in [0.4, 0.5) is 0 Å². The fourth-order valence-corrected chi connectivity index (χ4v) is 6.84. The SMILES string of the molecule is CC(O)C(NC(=O)C(Cc1cnc[nH]1)NC(=O)C(CCCN=C(N)N)NC(=O)C(CCC(N)=O)NC(=O)C(CCCN=C(N)N)NC(=O)C(CS)NC(=O)C(N)CCC(=O)O)C(=O)NC(CCCN=C(N)N)C(=O)O. The van der Waals surface area contributed by atoms with Crippen molar-refractivity contribution in [3.8, 4) is 0 Å². The third-order valence-corrected chi connectivity index (χ3v) is 10.9. The monoisotopic (exact) mass is 1080 g/mol. The molecule has 9 unspecified atom stereocenters. The van der Waals surface area contributed by atoms with Crippen molar-refractivity contribution in [3.63, 3.8) is 0 Å². The molecule has 0 aromatic carbocycles. The number of H-pyrrole nitrogens is 1. The number of nitrogens with one attached hydrogen (secondary N) is 8. The molecule has 27 N–H and O–H groups in total. The van der Waals surface area contributed by atoms with E-state index in [0.29, 0.717) is 0 Å². The number of nitrogens with zero attached hydrogens (tertiary/aromatic N) is 4. The molecule has 1 heterocycles. The number of carboxylic acids is 2. The Morgan fingerprint density at radius 2 is 0.987 bits per heavy atom. The van der Waals surface area contributed by atoms with Crippen LogP contribution < -0.4 is 83.1 Å². The Bertz CT molecular complexity index is 2170. The smallest absolute Gasteiger partial charge is 0.326 e.